The van der Waals surface area contributed by atoms with Crippen LogP contribution in [0.2, 0.25) is 0 Å². The summed E-state index contributed by atoms with van der Waals surface area (Å²) < 4.78 is 37.9. The second-order valence-electron chi connectivity index (χ2n) is 5.73. The molecule has 3 rings (SSSR count). The Kier molecular flexibility index (Phi) is 4.64. The Hall–Kier alpha value is -2.25. The Bertz CT molecular complexity index is 746. The van der Waals surface area contributed by atoms with Crippen molar-refractivity contribution >= 4 is 5.91 Å². The zero-order valence-corrected chi connectivity index (χ0v) is 13.0. The van der Waals surface area contributed by atoms with Gasteiger partial charge in [-0.25, -0.2) is 8.78 Å². The van der Waals surface area contributed by atoms with Gasteiger partial charge < -0.3 is 19.2 Å². The minimum Gasteiger partial charge on any atom is -0.453 e. The number of carbonyl (C=O) groups is 1. The molecule has 1 aromatic carbocycles. The molecule has 1 aliphatic heterocycles. The molecular formula is C17H17F2NO4. The van der Waals surface area contributed by atoms with Crippen LogP contribution in [0.25, 0.3) is 0 Å². The van der Waals surface area contributed by atoms with Crippen molar-refractivity contribution in [2.75, 3.05) is 13.7 Å². The first kappa shape index (κ1) is 16.6. The monoisotopic (exact) mass is 337 g/mol. The highest BCUT2D eigenvalue weighted by atomic mass is 19.1. The maximum atomic E-state index is 14.1. The average Bonchev–Trinajstić information content (AvgIpc) is 3.16. The van der Waals surface area contributed by atoms with E-state index in [1.54, 1.807) is 6.07 Å². The minimum atomic E-state index is -0.810. The van der Waals surface area contributed by atoms with Gasteiger partial charge in [0.05, 0.1) is 12.1 Å². The largest absolute Gasteiger partial charge is 0.453 e. The van der Waals surface area contributed by atoms with E-state index in [0.717, 1.165) is 18.2 Å². The molecule has 0 radical (unpaired) electrons. The van der Waals surface area contributed by atoms with Gasteiger partial charge >= 0.3 is 0 Å². The fraction of sp³-hybridized carbons (Fsp3) is 0.353. The van der Waals surface area contributed by atoms with Gasteiger partial charge in [0.2, 0.25) is 0 Å². The first-order chi connectivity index (χ1) is 11.5. The second-order valence-corrected chi connectivity index (χ2v) is 5.73. The number of likely N-dealkylation sites (tertiary alicyclic amines) is 1. The third-order valence-electron chi connectivity index (χ3n) is 4.02. The van der Waals surface area contributed by atoms with Crippen molar-refractivity contribution in [2.45, 2.75) is 25.2 Å². The molecule has 2 atom stereocenters. The van der Waals surface area contributed by atoms with E-state index in [9.17, 15) is 18.7 Å². The van der Waals surface area contributed by atoms with Crippen molar-refractivity contribution in [1.29, 1.82) is 0 Å². The fourth-order valence-electron chi connectivity index (χ4n) is 2.96. The van der Waals surface area contributed by atoms with Crippen LogP contribution < -0.4 is 0 Å². The van der Waals surface area contributed by atoms with E-state index in [1.807, 2.05) is 0 Å². The van der Waals surface area contributed by atoms with Crippen LogP contribution in [0.4, 0.5) is 8.78 Å². The highest BCUT2D eigenvalue weighted by Crippen LogP contribution is 2.35. The molecule has 2 aromatic rings. The Morgan fingerprint density at radius 2 is 2.17 bits per heavy atom. The van der Waals surface area contributed by atoms with Gasteiger partial charge in [-0.15, -0.1) is 0 Å². The van der Waals surface area contributed by atoms with E-state index in [1.165, 1.54) is 18.1 Å². The summed E-state index contributed by atoms with van der Waals surface area (Å²) in [6.45, 7) is 0.248. The summed E-state index contributed by atoms with van der Waals surface area (Å²) in [5.74, 6) is -1.15. The number of rotatable bonds is 4. The average molecular weight is 337 g/mol. The highest BCUT2D eigenvalue weighted by Gasteiger charge is 2.38. The van der Waals surface area contributed by atoms with Crippen molar-refractivity contribution in [2.24, 2.45) is 0 Å². The Morgan fingerprint density at radius 1 is 1.38 bits per heavy atom. The lowest BCUT2D eigenvalue weighted by Gasteiger charge is -2.24. The molecule has 24 heavy (non-hydrogen) atoms. The molecule has 0 saturated carbocycles. The van der Waals surface area contributed by atoms with Gasteiger partial charge in [0, 0.05) is 19.2 Å². The molecule has 128 valence electrons. The lowest BCUT2D eigenvalue weighted by Crippen LogP contribution is -2.32. The second kappa shape index (κ2) is 6.70. The maximum absolute atomic E-state index is 14.1. The molecule has 0 aliphatic carbocycles. The number of amides is 1. The zero-order valence-electron chi connectivity index (χ0n) is 13.0. The van der Waals surface area contributed by atoms with Gasteiger partial charge in [0.15, 0.2) is 5.76 Å². The Morgan fingerprint density at radius 3 is 2.92 bits per heavy atom. The molecule has 1 aromatic heterocycles. The lowest BCUT2D eigenvalue weighted by atomic mass is 10.0. The van der Waals surface area contributed by atoms with Gasteiger partial charge in [-0.2, -0.15) is 0 Å². The normalized spacial score (nSPS) is 20.6. The van der Waals surface area contributed by atoms with Crippen molar-refractivity contribution in [3.05, 3.63) is 59.1 Å². The Balaban J connectivity index is 1.89. The van der Waals surface area contributed by atoms with Crippen molar-refractivity contribution in [3.63, 3.8) is 0 Å². The number of hydrogen-bond donors (Lipinski definition) is 1. The first-order valence-corrected chi connectivity index (χ1v) is 7.51. The molecule has 5 nitrogen and oxygen atoms in total. The molecule has 1 fully saturated rings. The van der Waals surface area contributed by atoms with E-state index in [4.69, 9.17) is 9.15 Å². The van der Waals surface area contributed by atoms with E-state index in [-0.39, 0.29) is 30.9 Å². The van der Waals surface area contributed by atoms with E-state index in [2.05, 4.69) is 0 Å². The number of β-amino-alcohol motifs (C(OH)–C–C–N with tert-alkyl or cyclic N) is 1. The van der Waals surface area contributed by atoms with Crippen LogP contribution >= 0.6 is 0 Å². The number of furan rings is 1. The van der Waals surface area contributed by atoms with Gasteiger partial charge in [-0.3, -0.25) is 4.79 Å². The van der Waals surface area contributed by atoms with Crippen molar-refractivity contribution in [3.8, 4) is 0 Å². The molecule has 1 aliphatic rings. The van der Waals surface area contributed by atoms with Gasteiger partial charge in [0.25, 0.3) is 5.91 Å². The first-order valence-electron chi connectivity index (χ1n) is 7.51. The zero-order chi connectivity index (χ0) is 17.3. The summed E-state index contributed by atoms with van der Waals surface area (Å²) in [5.41, 5.74) is 0.0450. The number of methoxy groups -OCH3 is 1. The molecule has 1 amide bonds. The summed E-state index contributed by atoms with van der Waals surface area (Å²) >= 11 is 0. The third-order valence-corrected chi connectivity index (χ3v) is 4.02. The number of hydrogen-bond acceptors (Lipinski definition) is 4. The molecule has 1 saturated heterocycles. The molecular weight excluding hydrogens is 320 g/mol. The summed E-state index contributed by atoms with van der Waals surface area (Å²) in [5, 5.41) is 9.92. The molecule has 0 bridgehead atoms. The third kappa shape index (κ3) is 3.18. The lowest BCUT2D eigenvalue weighted by molar-refractivity contribution is 0.0674. The smallest absolute Gasteiger partial charge is 0.290 e. The number of aliphatic hydroxyl groups excluding tert-OH is 1. The number of carbonyl (C=O) groups excluding carboxylic acids is 1. The van der Waals surface area contributed by atoms with E-state index < -0.39 is 29.7 Å². The van der Waals surface area contributed by atoms with Gasteiger partial charge in [0.1, 0.15) is 24.0 Å². The van der Waals surface area contributed by atoms with Crippen LogP contribution in [0.1, 0.15) is 34.3 Å². The highest BCUT2D eigenvalue weighted by molar-refractivity contribution is 5.92. The predicted molar refractivity (Wildman–Crippen MR) is 80.2 cm³/mol. The van der Waals surface area contributed by atoms with Crippen LogP contribution in [0, 0.1) is 11.6 Å². The van der Waals surface area contributed by atoms with Gasteiger partial charge in [-0.05, 0) is 36.8 Å². The van der Waals surface area contributed by atoms with Crippen molar-refractivity contribution < 1.29 is 27.8 Å². The number of halogens is 2. The van der Waals surface area contributed by atoms with Crippen molar-refractivity contribution in [1.82, 2.24) is 4.90 Å². The van der Waals surface area contributed by atoms with Crippen LogP contribution in [0.15, 0.2) is 34.7 Å². The number of aliphatic hydroxyl groups is 1. The molecule has 1 N–H and O–H groups in total. The molecule has 2 heterocycles. The molecule has 7 heteroatoms. The predicted octanol–water partition coefficient (Wildman–Crippen LogP) is 2.65. The molecule has 0 spiro atoms. The van der Waals surface area contributed by atoms with Crippen LogP contribution in [-0.4, -0.2) is 35.7 Å². The topological polar surface area (TPSA) is 62.9 Å². The summed E-state index contributed by atoms with van der Waals surface area (Å²) in [6, 6.07) is 5.44. The Labute approximate surface area is 137 Å². The SMILES string of the molecule is COCc1ccc(C(=O)N2C[C@@H](O)C[C@@H]2c2cc(F)ccc2F)o1. The standard InChI is InChI=1S/C17H17F2NO4/c1-23-9-12-3-5-16(24-12)17(22)20-8-11(21)7-15(20)13-6-10(18)2-4-14(13)19/h2-6,11,15,21H,7-9H2,1H3/t11-,15+/m0/s1. The van der Waals surface area contributed by atoms with Crippen LogP contribution in [-0.2, 0) is 11.3 Å². The van der Waals surface area contributed by atoms with Gasteiger partial charge in [-0.1, -0.05) is 0 Å². The van der Waals surface area contributed by atoms with Crippen LogP contribution in [0.3, 0.4) is 0 Å². The van der Waals surface area contributed by atoms with Crippen LogP contribution in [0.5, 0.6) is 0 Å². The summed E-state index contributed by atoms with van der Waals surface area (Å²) in [6.07, 6.45) is -0.674. The number of benzene rings is 1. The summed E-state index contributed by atoms with van der Waals surface area (Å²) in [4.78, 5) is 14.0. The quantitative estimate of drug-likeness (QED) is 0.932. The number of nitrogens with zero attached hydrogens (tertiary/aromatic N) is 1. The van der Waals surface area contributed by atoms with E-state index in [0.29, 0.717) is 5.76 Å². The fourth-order valence-corrected chi connectivity index (χ4v) is 2.96. The van der Waals surface area contributed by atoms with E-state index >= 15 is 0 Å². The molecule has 0 unspecified atom stereocenters. The summed E-state index contributed by atoms with van der Waals surface area (Å²) in [7, 11) is 1.50. The maximum Gasteiger partial charge on any atom is 0.290 e. The minimum absolute atomic E-state index is 0.0275. The number of ether oxygens (including phenoxy) is 1.